The molecule has 5 rings (SSSR count). The monoisotopic (exact) mass is 464 g/mol. The SMILES string of the molecule is COc1cc([N+](=O)[O-])cc2c1O[C@]1(C=C2)N(Cc2ccc(F)cc2F)c2ccccc2C1(C)C. The van der Waals surface area contributed by atoms with E-state index in [2.05, 4.69) is 0 Å². The van der Waals surface area contributed by atoms with Crippen LogP contribution in [0, 0.1) is 21.7 Å². The Morgan fingerprint density at radius 3 is 2.59 bits per heavy atom. The van der Waals surface area contributed by atoms with Crippen LogP contribution in [0.2, 0.25) is 0 Å². The largest absolute Gasteiger partial charge is 0.493 e. The number of halogens is 2. The van der Waals surface area contributed by atoms with Crippen molar-refractivity contribution in [3.63, 3.8) is 0 Å². The van der Waals surface area contributed by atoms with Gasteiger partial charge in [-0.15, -0.1) is 0 Å². The zero-order valence-electron chi connectivity index (χ0n) is 18.8. The van der Waals surface area contributed by atoms with Crippen molar-refractivity contribution in [1.82, 2.24) is 0 Å². The molecule has 0 saturated heterocycles. The number of benzene rings is 3. The zero-order chi connectivity index (χ0) is 24.3. The van der Waals surface area contributed by atoms with Gasteiger partial charge in [0.2, 0.25) is 5.72 Å². The minimum absolute atomic E-state index is 0.112. The Balaban J connectivity index is 1.69. The molecule has 0 bridgehead atoms. The van der Waals surface area contributed by atoms with E-state index in [-0.39, 0.29) is 18.0 Å². The van der Waals surface area contributed by atoms with Gasteiger partial charge >= 0.3 is 0 Å². The predicted octanol–water partition coefficient (Wildman–Crippen LogP) is 5.98. The fourth-order valence-corrected chi connectivity index (χ4v) is 4.94. The molecule has 3 aromatic carbocycles. The summed E-state index contributed by atoms with van der Waals surface area (Å²) in [4.78, 5) is 12.8. The van der Waals surface area contributed by atoms with E-state index in [1.807, 2.05) is 49.1 Å². The second kappa shape index (κ2) is 7.55. The molecule has 2 aliphatic heterocycles. The van der Waals surface area contributed by atoms with Crippen molar-refractivity contribution in [3.05, 3.63) is 99.1 Å². The summed E-state index contributed by atoms with van der Waals surface area (Å²) >= 11 is 0. The average Bonchev–Trinajstić information content (AvgIpc) is 2.98. The minimum atomic E-state index is -1.10. The highest BCUT2D eigenvalue weighted by Crippen LogP contribution is 2.56. The Hall–Kier alpha value is -3.94. The number of methoxy groups -OCH3 is 1. The topological polar surface area (TPSA) is 64.8 Å². The summed E-state index contributed by atoms with van der Waals surface area (Å²) < 4.78 is 40.4. The maximum Gasteiger partial charge on any atom is 0.274 e. The molecular formula is C26H22F2N2O4. The summed E-state index contributed by atoms with van der Waals surface area (Å²) in [5, 5.41) is 11.4. The second-order valence-electron chi connectivity index (χ2n) is 8.92. The fourth-order valence-electron chi connectivity index (χ4n) is 4.94. The van der Waals surface area contributed by atoms with Crippen molar-refractivity contribution in [3.8, 4) is 11.5 Å². The third kappa shape index (κ3) is 3.05. The highest BCUT2D eigenvalue weighted by atomic mass is 19.1. The first-order chi connectivity index (χ1) is 16.2. The lowest BCUT2D eigenvalue weighted by Crippen LogP contribution is -2.59. The van der Waals surface area contributed by atoms with Crippen LogP contribution in [-0.4, -0.2) is 17.8 Å². The van der Waals surface area contributed by atoms with Gasteiger partial charge in [-0.25, -0.2) is 8.78 Å². The molecule has 0 amide bonds. The minimum Gasteiger partial charge on any atom is -0.493 e. The van der Waals surface area contributed by atoms with Crippen LogP contribution in [0.1, 0.15) is 30.5 Å². The van der Waals surface area contributed by atoms with Crippen molar-refractivity contribution >= 4 is 17.5 Å². The lowest BCUT2D eigenvalue weighted by Gasteiger charge is -2.47. The Bertz CT molecular complexity index is 1350. The number of ether oxygens (including phenoxy) is 2. The number of hydrogen-bond donors (Lipinski definition) is 0. The summed E-state index contributed by atoms with van der Waals surface area (Å²) in [6.45, 7) is 4.17. The van der Waals surface area contributed by atoms with Crippen molar-refractivity contribution in [2.24, 2.45) is 0 Å². The van der Waals surface area contributed by atoms with E-state index in [4.69, 9.17) is 9.47 Å². The first kappa shape index (κ1) is 21.9. The highest BCUT2D eigenvalue weighted by Gasteiger charge is 2.59. The third-order valence-electron chi connectivity index (χ3n) is 6.75. The normalized spacial score (nSPS) is 19.5. The molecular weight excluding hydrogens is 442 g/mol. The average molecular weight is 464 g/mol. The van der Waals surface area contributed by atoms with Gasteiger partial charge in [0.25, 0.3) is 5.69 Å². The van der Waals surface area contributed by atoms with Crippen LogP contribution in [0.4, 0.5) is 20.2 Å². The third-order valence-corrected chi connectivity index (χ3v) is 6.75. The van der Waals surface area contributed by atoms with Gasteiger partial charge in [0.15, 0.2) is 11.5 Å². The quantitative estimate of drug-likeness (QED) is 0.351. The summed E-state index contributed by atoms with van der Waals surface area (Å²) in [6, 6.07) is 14.0. The number of fused-ring (bicyclic) bond motifs is 2. The number of anilines is 1. The second-order valence-corrected chi connectivity index (χ2v) is 8.92. The van der Waals surface area contributed by atoms with E-state index in [1.165, 1.54) is 31.4 Å². The van der Waals surface area contributed by atoms with E-state index in [0.717, 1.165) is 17.3 Å². The summed E-state index contributed by atoms with van der Waals surface area (Å²) in [6.07, 6.45) is 3.62. The molecule has 0 fully saturated rings. The Morgan fingerprint density at radius 1 is 1.12 bits per heavy atom. The highest BCUT2D eigenvalue weighted by molar-refractivity contribution is 5.75. The first-order valence-corrected chi connectivity index (χ1v) is 10.7. The standard InChI is InChI=1S/C26H22F2N2O4/c1-25(2)20-6-4-5-7-22(20)29(15-17-8-9-18(27)13-21(17)28)26(25)11-10-16-12-19(30(31)32)14-23(33-3)24(16)34-26/h4-14H,15H2,1-3H3/t26-/m0/s1. The maximum atomic E-state index is 14.7. The Labute approximate surface area is 195 Å². The van der Waals surface area contributed by atoms with Crippen LogP contribution in [0.5, 0.6) is 11.5 Å². The number of nitro benzene ring substituents is 1. The Morgan fingerprint density at radius 2 is 1.88 bits per heavy atom. The van der Waals surface area contributed by atoms with Gasteiger partial charge in [-0.2, -0.15) is 0 Å². The van der Waals surface area contributed by atoms with Crippen LogP contribution in [0.3, 0.4) is 0 Å². The number of nitro groups is 1. The molecule has 0 saturated carbocycles. The smallest absolute Gasteiger partial charge is 0.274 e. The number of para-hydroxylation sites is 1. The van der Waals surface area contributed by atoms with Crippen LogP contribution in [0.15, 0.2) is 60.7 Å². The molecule has 3 aromatic rings. The van der Waals surface area contributed by atoms with Crippen molar-refractivity contribution in [2.45, 2.75) is 31.5 Å². The zero-order valence-corrected chi connectivity index (χ0v) is 18.8. The molecule has 0 aromatic heterocycles. The van der Waals surface area contributed by atoms with Crippen LogP contribution < -0.4 is 14.4 Å². The van der Waals surface area contributed by atoms with Gasteiger partial charge in [-0.3, -0.25) is 10.1 Å². The van der Waals surface area contributed by atoms with Crippen LogP contribution in [-0.2, 0) is 12.0 Å². The number of hydrogen-bond acceptors (Lipinski definition) is 5. The number of nitrogens with zero attached hydrogens (tertiary/aromatic N) is 2. The summed E-state index contributed by atoms with van der Waals surface area (Å²) in [5.74, 6) is -0.702. The van der Waals surface area contributed by atoms with Gasteiger partial charge in [-0.05, 0) is 43.7 Å². The molecule has 174 valence electrons. The van der Waals surface area contributed by atoms with Gasteiger partial charge in [0.1, 0.15) is 11.6 Å². The molecule has 34 heavy (non-hydrogen) atoms. The van der Waals surface area contributed by atoms with E-state index < -0.39 is 27.7 Å². The van der Waals surface area contributed by atoms with Gasteiger partial charge < -0.3 is 14.4 Å². The van der Waals surface area contributed by atoms with Crippen molar-refractivity contribution in [2.75, 3.05) is 12.0 Å². The maximum absolute atomic E-state index is 14.7. The molecule has 2 aliphatic rings. The molecule has 1 atom stereocenters. The van der Waals surface area contributed by atoms with Crippen LogP contribution in [0.25, 0.3) is 6.08 Å². The van der Waals surface area contributed by atoms with Crippen molar-refractivity contribution in [1.29, 1.82) is 0 Å². The molecule has 8 heteroatoms. The van der Waals surface area contributed by atoms with E-state index in [0.29, 0.717) is 16.9 Å². The van der Waals surface area contributed by atoms with Crippen LogP contribution >= 0.6 is 0 Å². The van der Waals surface area contributed by atoms with E-state index in [1.54, 1.807) is 6.08 Å². The summed E-state index contributed by atoms with van der Waals surface area (Å²) in [5.41, 5.74) is 0.841. The molecule has 0 radical (unpaired) electrons. The number of rotatable bonds is 4. The molecule has 2 heterocycles. The predicted molar refractivity (Wildman–Crippen MR) is 124 cm³/mol. The van der Waals surface area contributed by atoms with Gasteiger partial charge in [0.05, 0.1) is 23.5 Å². The van der Waals surface area contributed by atoms with Gasteiger partial charge in [-0.1, -0.05) is 24.3 Å². The lowest BCUT2D eigenvalue weighted by atomic mass is 9.76. The fraction of sp³-hybridized carbons (Fsp3) is 0.231. The molecule has 0 unspecified atom stereocenters. The summed E-state index contributed by atoms with van der Waals surface area (Å²) in [7, 11) is 1.42. The van der Waals surface area contributed by atoms with E-state index >= 15 is 0 Å². The number of non-ortho nitro benzene ring substituents is 1. The molecule has 6 nitrogen and oxygen atoms in total. The van der Waals surface area contributed by atoms with Gasteiger partial charge in [0, 0.05) is 35.5 Å². The molecule has 0 N–H and O–H groups in total. The molecule has 1 spiro atoms. The van der Waals surface area contributed by atoms with E-state index in [9.17, 15) is 18.9 Å². The Kier molecular flexibility index (Phi) is 4.86. The van der Waals surface area contributed by atoms with Crippen molar-refractivity contribution < 1.29 is 23.2 Å². The first-order valence-electron chi connectivity index (χ1n) is 10.7. The lowest BCUT2D eigenvalue weighted by molar-refractivity contribution is -0.385. The molecule has 0 aliphatic carbocycles.